The smallest absolute Gasteiger partial charge is 0.336 e. The van der Waals surface area contributed by atoms with E-state index in [-0.39, 0.29) is 17.8 Å². The van der Waals surface area contributed by atoms with Gasteiger partial charge in [-0.15, -0.1) is 0 Å². The molecule has 1 aromatic rings. The van der Waals surface area contributed by atoms with Crippen LogP contribution in [0.25, 0.3) is 0 Å². The Balaban J connectivity index is 3.09. The van der Waals surface area contributed by atoms with Crippen LogP contribution in [0.3, 0.4) is 0 Å². The molecule has 0 spiro atoms. The fourth-order valence-electron chi connectivity index (χ4n) is 1.35. The van der Waals surface area contributed by atoms with Crippen molar-refractivity contribution >= 4 is 21.9 Å². The van der Waals surface area contributed by atoms with Gasteiger partial charge in [0.2, 0.25) is 0 Å². The Hall–Kier alpha value is -1.60. The zero-order valence-corrected chi connectivity index (χ0v) is 10.3. The summed E-state index contributed by atoms with van der Waals surface area (Å²) in [5, 5.41) is 8.90. The molecule has 0 saturated carbocycles. The topological polar surface area (TPSA) is 95.5 Å². The third-order valence-corrected chi connectivity index (χ3v) is 3.30. The third-order valence-electron chi connectivity index (χ3n) is 2.14. The highest BCUT2D eigenvalue weighted by molar-refractivity contribution is 7.90. The predicted molar refractivity (Wildman–Crippen MR) is 64.4 cm³/mol. The minimum Gasteiger partial charge on any atom is -0.478 e. The van der Waals surface area contributed by atoms with Gasteiger partial charge in [-0.2, -0.15) is 13.1 Å². The van der Waals surface area contributed by atoms with Crippen LogP contribution in [0.15, 0.2) is 18.2 Å². The van der Waals surface area contributed by atoms with Crippen molar-refractivity contribution in [2.45, 2.75) is 13.8 Å². The molecule has 0 radical (unpaired) electrons. The monoisotopic (exact) mass is 258 g/mol. The van der Waals surface area contributed by atoms with Crippen LogP contribution in [0.5, 0.6) is 0 Å². The number of carboxylic acids is 1. The van der Waals surface area contributed by atoms with E-state index in [0.717, 1.165) is 0 Å². The number of aromatic carboxylic acids is 1. The zero-order valence-electron chi connectivity index (χ0n) is 9.52. The van der Waals surface area contributed by atoms with Crippen LogP contribution < -0.4 is 9.44 Å². The van der Waals surface area contributed by atoms with E-state index in [1.165, 1.54) is 18.2 Å². The summed E-state index contributed by atoms with van der Waals surface area (Å²) >= 11 is 0. The number of carbonyl (C=O) groups is 1. The van der Waals surface area contributed by atoms with Crippen molar-refractivity contribution < 1.29 is 18.3 Å². The van der Waals surface area contributed by atoms with Crippen LogP contribution in [-0.2, 0) is 10.2 Å². The van der Waals surface area contributed by atoms with Crippen molar-refractivity contribution in [3.05, 3.63) is 29.3 Å². The number of anilines is 1. The summed E-state index contributed by atoms with van der Waals surface area (Å²) in [6, 6.07) is 4.42. The van der Waals surface area contributed by atoms with Gasteiger partial charge in [0.15, 0.2) is 0 Å². The summed E-state index contributed by atoms with van der Waals surface area (Å²) in [5.74, 6) is -1.09. The Morgan fingerprint density at radius 3 is 2.59 bits per heavy atom. The number of hydrogen-bond donors (Lipinski definition) is 3. The average molecular weight is 258 g/mol. The van der Waals surface area contributed by atoms with Crippen molar-refractivity contribution in [2.75, 3.05) is 11.3 Å². The Kier molecular flexibility index (Phi) is 4.08. The number of carboxylic acid groups (broad SMARTS) is 1. The SMILES string of the molecule is CCNS(=O)(=O)Nc1cccc(C(=O)O)c1C. The molecule has 17 heavy (non-hydrogen) atoms. The second kappa shape index (κ2) is 5.15. The first-order valence-corrected chi connectivity index (χ1v) is 6.46. The molecule has 0 aliphatic carbocycles. The third kappa shape index (κ3) is 3.43. The summed E-state index contributed by atoms with van der Waals surface area (Å²) in [4.78, 5) is 10.9. The minimum atomic E-state index is -3.64. The van der Waals surface area contributed by atoms with Crippen LogP contribution in [0.4, 0.5) is 5.69 Å². The van der Waals surface area contributed by atoms with E-state index < -0.39 is 16.2 Å². The fraction of sp³-hybridized carbons (Fsp3) is 0.300. The van der Waals surface area contributed by atoms with Gasteiger partial charge >= 0.3 is 5.97 Å². The van der Waals surface area contributed by atoms with Crippen molar-refractivity contribution in [2.24, 2.45) is 0 Å². The van der Waals surface area contributed by atoms with Gasteiger partial charge in [0.05, 0.1) is 11.3 Å². The highest BCUT2D eigenvalue weighted by Crippen LogP contribution is 2.19. The molecule has 0 aliphatic heterocycles. The molecule has 7 heteroatoms. The second-order valence-electron chi connectivity index (χ2n) is 3.39. The summed E-state index contributed by atoms with van der Waals surface area (Å²) in [6.07, 6.45) is 0. The lowest BCUT2D eigenvalue weighted by Gasteiger charge is -2.11. The average Bonchev–Trinajstić information content (AvgIpc) is 2.20. The summed E-state index contributed by atoms with van der Waals surface area (Å²) < 4.78 is 27.5. The molecule has 0 aliphatic rings. The normalized spacial score (nSPS) is 11.2. The highest BCUT2D eigenvalue weighted by atomic mass is 32.2. The maximum atomic E-state index is 11.5. The molecule has 94 valence electrons. The van der Waals surface area contributed by atoms with Crippen LogP contribution in [0, 0.1) is 6.92 Å². The number of rotatable bonds is 5. The van der Waals surface area contributed by atoms with E-state index >= 15 is 0 Å². The predicted octanol–water partition coefficient (Wildman–Crippen LogP) is 0.959. The van der Waals surface area contributed by atoms with Gasteiger partial charge in [-0.05, 0) is 24.6 Å². The Labute approximate surface area is 99.8 Å². The standard InChI is InChI=1S/C10H14N2O4S/c1-3-11-17(15,16)12-9-6-4-5-8(7(9)2)10(13)14/h4-6,11-12H,3H2,1-2H3,(H,13,14). The molecule has 0 fully saturated rings. The fourth-order valence-corrected chi connectivity index (χ4v) is 2.31. The van der Waals surface area contributed by atoms with Crippen LogP contribution in [-0.4, -0.2) is 26.0 Å². The Bertz CT molecular complexity index is 525. The molecule has 0 unspecified atom stereocenters. The lowest BCUT2D eigenvalue weighted by molar-refractivity contribution is 0.0696. The van der Waals surface area contributed by atoms with Crippen LogP contribution >= 0.6 is 0 Å². The van der Waals surface area contributed by atoms with Gasteiger partial charge < -0.3 is 5.11 Å². The van der Waals surface area contributed by atoms with Crippen molar-refractivity contribution in [3.63, 3.8) is 0 Å². The van der Waals surface area contributed by atoms with E-state index in [9.17, 15) is 13.2 Å². The first-order valence-electron chi connectivity index (χ1n) is 4.97. The van der Waals surface area contributed by atoms with Gasteiger partial charge in [0.25, 0.3) is 10.2 Å². The first-order chi connectivity index (χ1) is 7.87. The van der Waals surface area contributed by atoms with Crippen LogP contribution in [0.1, 0.15) is 22.8 Å². The molecule has 0 heterocycles. The van der Waals surface area contributed by atoms with Gasteiger partial charge in [0, 0.05) is 6.54 Å². The van der Waals surface area contributed by atoms with E-state index in [0.29, 0.717) is 5.56 Å². The second-order valence-corrected chi connectivity index (χ2v) is 4.89. The minimum absolute atomic E-state index is 0.0710. The van der Waals surface area contributed by atoms with Crippen molar-refractivity contribution in [3.8, 4) is 0 Å². The van der Waals surface area contributed by atoms with E-state index in [1.54, 1.807) is 13.8 Å². The summed E-state index contributed by atoms with van der Waals surface area (Å²) in [6.45, 7) is 3.46. The molecular formula is C10H14N2O4S. The van der Waals surface area contributed by atoms with E-state index in [1.807, 2.05) is 0 Å². The Morgan fingerprint density at radius 1 is 1.41 bits per heavy atom. The molecule has 0 amide bonds. The summed E-state index contributed by atoms with van der Waals surface area (Å²) in [5.41, 5.74) is 0.703. The maximum absolute atomic E-state index is 11.5. The van der Waals surface area contributed by atoms with Crippen LogP contribution in [0.2, 0.25) is 0 Å². The Morgan fingerprint density at radius 2 is 2.06 bits per heavy atom. The van der Waals surface area contributed by atoms with Crippen molar-refractivity contribution in [1.82, 2.24) is 4.72 Å². The molecule has 1 aromatic carbocycles. The molecule has 0 saturated heterocycles. The quantitative estimate of drug-likeness (QED) is 0.733. The zero-order chi connectivity index (χ0) is 13.1. The highest BCUT2D eigenvalue weighted by Gasteiger charge is 2.14. The molecule has 1 rings (SSSR count). The molecule has 0 bridgehead atoms. The molecule has 0 aromatic heterocycles. The van der Waals surface area contributed by atoms with E-state index in [2.05, 4.69) is 9.44 Å². The lowest BCUT2D eigenvalue weighted by atomic mass is 10.1. The molecule has 0 atom stereocenters. The molecule has 3 N–H and O–H groups in total. The van der Waals surface area contributed by atoms with Gasteiger partial charge in [-0.1, -0.05) is 13.0 Å². The molecular weight excluding hydrogens is 244 g/mol. The first kappa shape index (κ1) is 13.5. The van der Waals surface area contributed by atoms with Gasteiger partial charge in [-0.25, -0.2) is 4.79 Å². The number of hydrogen-bond acceptors (Lipinski definition) is 3. The maximum Gasteiger partial charge on any atom is 0.336 e. The number of benzene rings is 1. The van der Waals surface area contributed by atoms with Gasteiger partial charge in [0.1, 0.15) is 0 Å². The van der Waals surface area contributed by atoms with E-state index in [4.69, 9.17) is 5.11 Å². The van der Waals surface area contributed by atoms with Gasteiger partial charge in [-0.3, -0.25) is 4.72 Å². The number of nitrogens with one attached hydrogen (secondary N) is 2. The lowest BCUT2D eigenvalue weighted by Crippen LogP contribution is -2.30. The van der Waals surface area contributed by atoms with Crippen molar-refractivity contribution in [1.29, 1.82) is 0 Å². The summed E-state index contributed by atoms with van der Waals surface area (Å²) in [7, 11) is -3.64. The largest absolute Gasteiger partial charge is 0.478 e. The molecule has 6 nitrogen and oxygen atoms in total.